The van der Waals surface area contributed by atoms with Crippen molar-refractivity contribution in [3.05, 3.63) is 111 Å². The number of aryl methyl sites for hydroxylation is 3. The van der Waals surface area contributed by atoms with E-state index in [0.29, 0.717) is 11.1 Å². The molecule has 30 heavy (non-hydrogen) atoms. The van der Waals surface area contributed by atoms with E-state index in [1.54, 1.807) is 17.0 Å². The van der Waals surface area contributed by atoms with Gasteiger partial charge in [0.25, 0.3) is 11.5 Å². The first-order chi connectivity index (χ1) is 14.4. The van der Waals surface area contributed by atoms with Gasteiger partial charge in [0.15, 0.2) is 0 Å². The Bertz CT molecular complexity index is 1290. The topological polar surface area (TPSA) is 53.2 Å². The molecule has 1 heterocycles. The van der Waals surface area contributed by atoms with Crippen molar-refractivity contribution in [3.63, 3.8) is 0 Å². The van der Waals surface area contributed by atoms with E-state index in [0.717, 1.165) is 33.3 Å². The fraction of sp³-hybridized carbons (Fsp3) is 0.154. The van der Waals surface area contributed by atoms with Crippen molar-refractivity contribution in [3.8, 4) is 0 Å². The molecule has 0 bridgehead atoms. The zero-order valence-electron chi connectivity index (χ0n) is 17.4. The Morgan fingerprint density at radius 3 is 2.37 bits per heavy atom. The fourth-order valence-electron chi connectivity index (χ4n) is 3.57. The van der Waals surface area contributed by atoms with Crippen LogP contribution >= 0.6 is 0 Å². The second-order valence-corrected chi connectivity index (χ2v) is 7.74. The first-order valence-electron chi connectivity index (χ1n) is 9.99. The van der Waals surface area contributed by atoms with E-state index in [2.05, 4.69) is 4.98 Å². The summed E-state index contributed by atoms with van der Waals surface area (Å²) in [4.78, 5) is 30.8. The summed E-state index contributed by atoms with van der Waals surface area (Å²) in [5.41, 5.74) is 5.90. The van der Waals surface area contributed by atoms with Crippen LogP contribution in [-0.2, 0) is 6.54 Å². The monoisotopic (exact) mass is 396 g/mol. The van der Waals surface area contributed by atoms with Gasteiger partial charge in [0.05, 0.1) is 6.54 Å². The predicted molar refractivity (Wildman–Crippen MR) is 122 cm³/mol. The number of H-pyrrole nitrogens is 1. The highest BCUT2D eigenvalue weighted by Gasteiger charge is 2.20. The number of pyridine rings is 1. The van der Waals surface area contributed by atoms with Crippen LogP contribution in [0.3, 0.4) is 0 Å². The molecule has 3 aromatic carbocycles. The molecule has 0 saturated heterocycles. The maximum atomic E-state index is 13.4. The van der Waals surface area contributed by atoms with Crippen molar-refractivity contribution in [1.29, 1.82) is 0 Å². The number of nitrogens with one attached hydrogen (secondary N) is 1. The summed E-state index contributed by atoms with van der Waals surface area (Å²) in [7, 11) is 0. The SMILES string of the molecule is Cc1ccc2[nH]c(=O)c(CN(C(=O)c3ccccc3)c3ccc(C)c(C)c3)cc2c1. The Balaban J connectivity index is 1.81. The van der Waals surface area contributed by atoms with Crippen LogP contribution in [0.1, 0.15) is 32.6 Å². The van der Waals surface area contributed by atoms with Crippen LogP contribution in [0.25, 0.3) is 10.9 Å². The number of aromatic nitrogens is 1. The molecular weight excluding hydrogens is 372 g/mol. The molecule has 1 N–H and O–H groups in total. The van der Waals surface area contributed by atoms with Crippen LogP contribution in [-0.4, -0.2) is 10.9 Å². The minimum Gasteiger partial charge on any atom is -0.322 e. The largest absolute Gasteiger partial charge is 0.322 e. The number of carbonyl (C=O) groups is 1. The number of fused-ring (bicyclic) bond motifs is 1. The van der Waals surface area contributed by atoms with Crippen LogP contribution in [0.5, 0.6) is 0 Å². The summed E-state index contributed by atoms with van der Waals surface area (Å²) in [6.45, 7) is 6.27. The van der Waals surface area contributed by atoms with Crippen molar-refractivity contribution in [2.24, 2.45) is 0 Å². The third-order valence-electron chi connectivity index (χ3n) is 5.47. The van der Waals surface area contributed by atoms with E-state index in [4.69, 9.17) is 0 Å². The van der Waals surface area contributed by atoms with Crippen LogP contribution in [0.2, 0.25) is 0 Å². The number of rotatable bonds is 4. The molecule has 0 unspecified atom stereocenters. The molecule has 0 spiro atoms. The fourth-order valence-corrected chi connectivity index (χ4v) is 3.57. The highest BCUT2D eigenvalue weighted by atomic mass is 16.2. The average molecular weight is 396 g/mol. The van der Waals surface area contributed by atoms with Gasteiger partial charge in [-0.2, -0.15) is 0 Å². The molecule has 0 fully saturated rings. The second kappa shape index (κ2) is 7.99. The predicted octanol–water partition coefficient (Wildman–Crippen LogP) is 5.30. The number of amides is 1. The molecule has 0 saturated carbocycles. The molecule has 0 aliphatic rings. The number of anilines is 1. The molecule has 0 atom stereocenters. The molecule has 4 aromatic rings. The Hall–Kier alpha value is -3.66. The van der Waals surface area contributed by atoms with E-state index >= 15 is 0 Å². The summed E-state index contributed by atoms with van der Waals surface area (Å²) in [5.74, 6) is -0.136. The van der Waals surface area contributed by atoms with Gasteiger partial charge >= 0.3 is 0 Å². The van der Waals surface area contributed by atoms with Crippen LogP contribution < -0.4 is 10.5 Å². The number of hydrogen-bond donors (Lipinski definition) is 1. The summed E-state index contributed by atoms with van der Waals surface area (Å²) in [5, 5.41) is 0.955. The van der Waals surface area contributed by atoms with Crippen molar-refractivity contribution >= 4 is 22.5 Å². The van der Waals surface area contributed by atoms with E-state index in [1.165, 1.54) is 0 Å². The molecule has 4 nitrogen and oxygen atoms in total. The summed E-state index contributed by atoms with van der Waals surface area (Å²) >= 11 is 0. The lowest BCUT2D eigenvalue weighted by atomic mass is 10.1. The Labute approximate surface area is 175 Å². The number of hydrogen-bond acceptors (Lipinski definition) is 2. The van der Waals surface area contributed by atoms with Crippen molar-refractivity contribution in [1.82, 2.24) is 4.98 Å². The highest BCUT2D eigenvalue weighted by molar-refractivity contribution is 6.06. The van der Waals surface area contributed by atoms with Gasteiger partial charge in [-0.15, -0.1) is 0 Å². The van der Waals surface area contributed by atoms with Gasteiger partial charge in [0.2, 0.25) is 0 Å². The van der Waals surface area contributed by atoms with Crippen molar-refractivity contribution in [2.45, 2.75) is 27.3 Å². The molecule has 4 rings (SSSR count). The zero-order valence-corrected chi connectivity index (χ0v) is 17.4. The summed E-state index contributed by atoms with van der Waals surface area (Å²) in [6.07, 6.45) is 0. The zero-order chi connectivity index (χ0) is 21.3. The number of aromatic amines is 1. The molecular formula is C26H24N2O2. The minimum absolute atomic E-state index is 0.136. The Morgan fingerprint density at radius 2 is 1.63 bits per heavy atom. The molecule has 150 valence electrons. The van der Waals surface area contributed by atoms with Crippen molar-refractivity contribution < 1.29 is 4.79 Å². The molecule has 0 aliphatic heterocycles. The number of nitrogens with zero attached hydrogens (tertiary/aromatic N) is 1. The van der Waals surface area contributed by atoms with E-state index in [1.807, 2.05) is 81.4 Å². The summed E-state index contributed by atoms with van der Waals surface area (Å²) < 4.78 is 0. The van der Waals surface area contributed by atoms with Crippen LogP contribution in [0.4, 0.5) is 5.69 Å². The summed E-state index contributed by atoms with van der Waals surface area (Å²) in [6, 6.07) is 22.9. The van der Waals surface area contributed by atoms with Crippen LogP contribution in [0.15, 0.2) is 77.6 Å². The van der Waals surface area contributed by atoms with Gasteiger partial charge in [0.1, 0.15) is 0 Å². The lowest BCUT2D eigenvalue weighted by Gasteiger charge is -2.24. The molecule has 0 radical (unpaired) electrons. The molecule has 1 aromatic heterocycles. The van der Waals surface area contributed by atoms with Gasteiger partial charge < -0.3 is 9.88 Å². The van der Waals surface area contributed by atoms with E-state index in [9.17, 15) is 9.59 Å². The molecule has 4 heteroatoms. The maximum Gasteiger partial charge on any atom is 0.258 e. The number of carbonyl (C=O) groups excluding carboxylic acids is 1. The Kier molecular flexibility index (Phi) is 5.23. The van der Waals surface area contributed by atoms with Gasteiger partial charge in [-0.05, 0) is 79.7 Å². The van der Waals surface area contributed by atoms with Gasteiger partial charge in [-0.25, -0.2) is 0 Å². The quantitative estimate of drug-likeness (QED) is 0.509. The van der Waals surface area contributed by atoms with E-state index < -0.39 is 0 Å². The minimum atomic E-state index is -0.180. The standard InChI is InChI=1S/C26H24N2O2/c1-17-9-12-24-21(13-17)15-22(25(29)27-24)16-28(23-11-10-18(2)19(3)14-23)26(30)20-7-5-4-6-8-20/h4-15H,16H2,1-3H3,(H,27,29). The number of benzene rings is 3. The normalized spacial score (nSPS) is 10.9. The molecule has 0 aliphatic carbocycles. The highest BCUT2D eigenvalue weighted by Crippen LogP contribution is 2.23. The maximum absolute atomic E-state index is 13.4. The van der Waals surface area contributed by atoms with Crippen molar-refractivity contribution in [2.75, 3.05) is 4.90 Å². The van der Waals surface area contributed by atoms with E-state index in [-0.39, 0.29) is 18.0 Å². The average Bonchev–Trinajstić information content (AvgIpc) is 2.74. The molecule has 1 amide bonds. The second-order valence-electron chi connectivity index (χ2n) is 7.74. The van der Waals surface area contributed by atoms with Gasteiger partial charge in [0, 0.05) is 22.3 Å². The first-order valence-corrected chi connectivity index (χ1v) is 9.99. The van der Waals surface area contributed by atoms with Gasteiger partial charge in [-0.1, -0.05) is 35.9 Å². The lowest BCUT2D eigenvalue weighted by molar-refractivity contribution is 0.0985. The van der Waals surface area contributed by atoms with Crippen LogP contribution in [0, 0.1) is 20.8 Å². The Morgan fingerprint density at radius 1 is 0.867 bits per heavy atom. The first kappa shape index (κ1) is 19.6. The third kappa shape index (κ3) is 3.90. The third-order valence-corrected chi connectivity index (χ3v) is 5.47. The van der Waals surface area contributed by atoms with Gasteiger partial charge in [-0.3, -0.25) is 9.59 Å². The lowest BCUT2D eigenvalue weighted by Crippen LogP contribution is -2.33. The smallest absolute Gasteiger partial charge is 0.258 e.